The Morgan fingerprint density at radius 1 is 1.25 bits per heavy atom. The van der Waals surface area contributed by atoms with E-state index in [9.17, 15) is 0 Å². The molecule has 0 bridgehead atoms. The summed E-state index contributed by atoms with van der Waals surface area (Å²) in [4.78, 5) is 13.7. The second-order valence-corrected chi connectivity index (χ2v) is 6.11. The van der Waals surface area contributed by atoms with E-state index in [-0.39, 0.29) is 0 Å². The monoisotopic (exact) mass is 323 g/mol. The molecule has 3 aromatic heterocycles. The molecule has 8 nitrogen and oxygen atoms in total. The van der Waals surface area contributed by atoms with Crippen molar-refractivity contribution in [2.24, 2.45) is 0 Å². The molecule has 0 unspecified atom stereocenters. The molecule has 2 aliphatic heterocycles. The van der Waals surface area contributed by atoms with Gasteiger partial charge in [-0.3, -0.25) is 0 Å². The van der Waals surface area contributed by atoms with Gasteiger partial charge in [-0.15, -0.1) is 5.10 Å². The predicted octanol–water partition coefficient (Wildman–Crippen LogP) is 1.37. The summed E-state index contributed by atoms with van der Waals surface area (Å²) in [6.07, 6.45) is 7.11. The first-order valence-corrected chi connectivity index (χ1v) is 8.02. The van der Waals surface area contributed by atoms with Crippen molar-refractivity contribution in [3.8, 4) is 11.6 Å². The fourth-order valence-electron chi connectivity index (χ4n) is 3.41. The standard InChI is InChI=1S/C16H17N7O/c17-16-19-13(22-7-6-21-5-1-3-11(21)10-22)9-14-18-15(20-23(14)16)12-4-2-8-24-12/h1-2,4-5,8-9,11H,3,6-7,10H2,(H2,17,19)/t11-/m0/s1. The Hall–Kier alpha value is -3.03. The summed E-state index contributed by atoms with van der Waals surface area (Å²) in [6.45, 7) is 2.86. The first-order chi connectivity index (χ1) is 11.8. The number of anilines is 2. The van der Waals surface area contributed by atoms with Crippen molar-refractivity contribution in [1.82, 2.24) is 24.5 Å². The van der Waals surface area contributed by atoms with Gasteiger partial charge in [0.05, 0.1) is 6.26 Å². The van der Waals surface area contributed by atoms with E-state index in [1.54, 1.807) is 10.8 Å². The van der Waals surface area contributed by atoms with Gasteiger partial charge >= 0.3 is 0 Å². The zero-order valence-corrected chi connectivity index (χ0v) is 13.0. The average molecular weight is 323 g/mol. The summed E-state index contributed by atoms with van der Waals surface area (Å²) < 4.78 is 6.91. The summed E-state index contributed by atoms with van der Waals surface area (Å²) >= 11 is 0. The lowest BCUT2D eigenvalue weighted by Gasteiger charge is -2.38. The van der Waals surface area contributed by atoms with Crippen LogP contribution in [0, 0.1) is 0 Å². The molecule has 122 valence electrons. The van der Waals surface area contributed by atoms with Crippen molar-refractivity contribution in [3.05, 3.63) is 36.7 Å². The molecule has 0 radical (unpaired) electrons. The average Bonchev–Trinajstić information content (AvgIpc) is 3.32. The molecule has 2 N–H and O–H groups in total. The minimum absolute atomic E-state index is 0.333. The van der Waals surface area contributed by atoms with Gasteiger partial charge in [0.15, 0.2) is 11.4 Å². The molecule has 5 heterocycles. The van der Waals surface area contributed by atoms with Crippen LogP contribution < -0.4 is 10.6 Å². The highest BCUT2D eigenvalue weighted by Gasteiger charge is 2.28. The van der Waals surface area contributed by atoms with Crippen molar-refractivity contribution in [3.63, 3.8) is 0 Å². The lowest BCUT2D eigenvalue weighted by molar-refractivity contribution is 0.270. The maximum atomic E-state index is 6.11. The van der Waals surface area contributed by atoms with Crippen LogP contribution in [0.15, 0.2) is 41.2 Å². The van der Waals surface area contributed by atoms with Crippen LogP contribution in [0.25, 0.3) is 17.2 Å². The third kappa shape index (κ3) is 2.03. The fraction of sp³-hybridized carbons (Fsp3) is 0.312. The van der Waals surface area contributed by atoms with Crippen LogP contribution in [0.2, 0.25) is 0 Å². The molecule has 1 saturated heterocycles. The number of aromatic nitrogens is 4. The third-order valence-corrected chi connectivity index (χ3v) is 4.64. The van der Waals surface area contributed by atoms with E-state index in [1.807, 2.05) is 18.2 Å². The SMILES string of the molecule is Nc1nc(N2CCN3C=CC[C@H]3C2)cc2nc(-c3ccco3)nn12. The molecule has 0 saturated carbocycles. The number of rotatable bonds is 2. The second-order valence-electron chi connectivity index (χ2n) is 6.11. The van der Waals surface area contributed by atoms with E-state index in [0.29, 0.717) is 29.2 Å². The maximum absolute atomic E-state index is 6.11. The van der Waals surface area contributed by atoms with Crippen molar-refractivity contribution in [2.45, 2.75) is 12.5 Å². The molecule has 0 spiro atoms. The number of nitrogens with two attached hydrogens (primary N) is 1. The molecule has 5 rings (SSSR count). The Bertz CT molecular complexity index is 914. The van der Waals surface area contributed by atoms with Gasteiger partial charge in [0.25, 0.3) is 0 Å². The number of fused-ring (bicyclic) bond motifs is 2. The van der Waals surface area contributed by atoms with E-state index in [1.165, 1.54) is 0 Å². The van der Waals surface area contributed by atoms with Crippen LogP contribution in [-0.4, -0.2) is 50.2 Å². The van der Waals surface area contributed by atoms with Gasteiger partial charge in [0.2, 0.25) is 11.8 Å². The van der Waals surface area contributed by atoms with Crippen LogP contribution in [0.5, 0.6) is 0 Å². The largest absolute Gasteiger partial charge is 0.461 e. The Kier molecular flexibility index (Phi) is 2.79. The van der Waals surface area contributed by atoms with E-state index in [4.69, 9.17) is 10.2 Å². The van der Waals surface area contributed by atoms with Gasteiger partial charge in [-0.2, -0.15) is 9.50 Å². The number of furan rings is 1. The molecular formula is C16H17N7O. The molecule has 24 heavy (non-hydrogen) atoms. The first-order valence-electron chi connectivity index (χ1n) is 8.02. The van der Waals surface area contributed by atoms with Crippen LogP contribution in [0.1, 0.15) is 6.42 Å². The van der Waals surface area contributed by atoms with Gasteiger partial charge < -0.3 is 20.0 Å². The number of piperazine rings is 1. The first kappa shape index (κ1) is 13.4. The number of hydrogen-bond donors (Lipinski definition) is 1. The topological polar surface area (TPSA) is 88.7 Å². The van der Waals surface area contributed by atoms with E-state index >= 15 is 0 Å². The highest BCUT2D eigenvalue weighted by atomic mass is 16.3. The van der Waals surface area contributed by atoms with Crippen molar-refractivity contribution >= 4 is 17.4 Å². The van der Waals surface area contributed by atoms with Gasteiger partial charge in [-0.25, -0.2) is 4.98 Å². The fourth-order valence-corrected chi connectivity index (χ4v) is 3.41. The van der Waals surface area contributed by atoms with E-state index in [0.717, 1.165) is 31.9 Å². The highest BCUT2D eigenvalue weighted by Crippen LogP contribution is 2.25. The smallest absolute Gasteiger partial charge is 0.225 e. The van der Waals surface area contributed by atoms with Crippen molar-refractivity contribution in [2.75, 3.05) is 30.3 Å². The van der Waals surface area contributed by atoms with E-state index < -0.39 is 0 Å². The van der Waals surface area contributed by atoms with Crippen LogP contribution in [-0.2, 0) is 0 Å². The van der Waals surface area contributed by atoms with Gasteiger partial charge in [-0.05, 0) is 24.8 Å². The molecule has 8 heteroatoms. The van der Waals surface area contributed by atoms with Crippen molar-refractivity contribution < 1.29 is 4.42 Å². The summed E-state index contributed by atoms with van der Waals surface area (Å²) in [7, 11) is 0. The molecular weight excluding hydrogens is 306 g/mol. The molecule has 2 aliphatic rings. The molecule has 1 fully saturated rings. The number of hydrogen-bond acceptors (Lipinski definition) is 7. The van der Waals surface area contributed by atoms with Crippen molar-refractivity contribution in [1.29, 1.82) is 0 Å². The van der Waals surface area contributed by atoms with E-state index in [2.05, 4.69) is 37.1 Å². The minimum atomic E-state index is 0.333. The Morgan fingerprint density at radius 2 is 2.21 bits per heavy atom. The minimum Gasteiger partial charge on any atom is -0.461 e. The predicted molar refractivity (Wildman–Crippen MR) is 89.4 cm³/mol. The van der Waals surface area contributed by atoms with Gasteiger partial charge in [-0.1, -0.05) is 6.08 Å². The van der Waals surface area contributed by atoms with Gasteiger partial charge in [0.1, 0.15) is 5.82 Å². The van der Waals surface area contributed by atoms with Gasteiger partial charge in [0, 0.05) is 31.7 Å². The Balaban J connectivity index is 1.51. The molecule has 0 aliphatic carbocycles. The number of nitrogens with zero attached hydrogens (tertiary/aromatic N) is 6. The second kappa shape index (κ2) is 4.98. The molecule has 1 atom stereocenters. The third-order valence-electron chi connectivity index (χ3n) is 4.64. The summed E-state index contributed by atoms with van der Waals surface area (Å²) in [5, 5.41) is 4.38. The normalized spacial score (nSPS) is 20.1. The zero-order chi connectivity index (χ0) is 16.1. The molecule has 0 aromatic carbocycles. The zero-order valence-electron chi connectivity index (χ0n) is 13.0. The maximum Gasteiger partial charge on any atom is 0.225 e. The number of nitrogen functional groups attached to an aromatic ring is 1. The summed E-state index contributed by atoms with van der Waals surface area (Å²) in [6, 6.07) is 6.09. The summed E-state index contributed by atoms with van der Waals surface area (Å²) in [5.74, 6) is 2.31. The van der Waals surface area contributed by atoms with Crippen LogP contribution in [0.4, 0.5) is 11.8 Å². The quantitative estimate of drug-likeness (QED) is 0.762. The molecule has 3 aromatic rings. The molecule has 0 amide bonds. The highest BCUT2D eigenvalue weighted by molar-refractivity contribution is 5.59. The summed E-state index contributed by atoms with van der Waals surface area (Å²) in [5.41, 5.74) is 6.78. The Morgan fingerprint density at radius 3 is 3.08 bits per heavy atom. The lowest BCUT2D eigenvalue weighted by Crippen LogP contribution is -2.49. The lowest BCUT2D eigenvalue weighted by atomic mass is 10.1. The van der Waals surface area contributed by atoms with Crippen LogP contribution in [0.3, 0.4) is 0 Å². The van der Waals surface area contributed by atoms with Crippen LogP contribution >= 0.6 is 0 Å². The Labute approximate surface area is 138 Å².